The van der Waals surface area contributed by atoms with Crippen LogP contribution < -0.4 is 5.73 Å². The van der Waals surface area contributed by atoms with Crippen LogP contribution in [0.5, 0.6) is 0 Å². The van der Waals surface area contributed by atoms with Gasteiger partial charge in [0.2, 0.25) is 17.5 Å². The predicted molar refractivity (Wildman–Crippen MR) is 77.9 cm³/mol. The molecule has 0 fully saturated rings. The lowest BCUT2D eigenvalue weighted by Crippen LogP contribution is -2.26. The van der Waals surface area contributed by atoms with Crippen molar-refractivity contribution in [2.75, 3.05) is 0 Å². The highest BCUT2D eigenvalue weighted by Gasteiger charge is 2.24. The van der Waals surface area contributed by atoms with Gasteiger partial charge in [-0.3, -0.25) is 14.4 Å². The van der Waals surface area contributed by atoms with Crippen molar-refractivity contribution in [3.05, 3.63) is 23.8 Å². The van der Waals surface area contributed by atoms with Gasteiger partial charge in [-0.25, -0.2) is 0 Å². The van der Waals surface area contributed by atoms with E-state index < -0.39 is 17.5 Å². The SMILES string of the molecule is CCCCCCCC(CC1=CC=CC(=O)C1=O)C(N)=O. The van der Waals surface area contributed by atoms with E-state index in [4.69, 9.17) is 5.73 Å². The molecular formula is C16H23NO3. The van der Waals surface area contributed by atoms with Crippen molar-refractivity contribution < 1.29 is 14.4 Å². The number of carbonyl (C=O) groups excluding carboxylic acids is 3. The molecule has 4 heteroatoms. The summed E-state index contributed by atoms with van der Waals surface area (Å²) in [6.07, 6.45) is 10.9. The molecule has 1 aliphatic rings. The Bertz CT molecular complexity index is 435. The first kappa shape index (κ1) is 16.3. The maximum atomic E-state index is 11.7. The van der Waals surface area contributed by atoms with E-state index in [0.29, 0.717) is 12.0 Å². The summed E-state index contributed by atoms with van der Waals surface area (Å²) in [6, 6.07) is 0. The van der Waals surface area contributed by atoms with Crippen molar-refractivity contribution in [3.63, 3.8) is 0 Å². The van der Waals surface area contributed by atoms with Crippen LogP contribution in [0.1, 0.15) is 51.9 Å². The third-order valence-electron chi connectivity index (χ3n) is 3.59. The van der Waals surface area contributed by atoms with Gasteiger partial charge in [0.15, 0.2) is 0 Å². The van der Waals surface area contributed by atoms with Gasteiger partial charge >= 0.3 is 0 Å². The van der Waals surface area contributed by atoms with E-state index in [0.717, 1.165) is 19.3 Å². The second-order valence-electron chi connectivity index (χ2n) is 5.25. The zero-order valence-corrected chi connectivity index (χ0v) is 12.1. The number of nitrogens with two attached hydrogens (primary N) is 1. The first-order chi connectivity index (χ1) is 9.56. The molecule has 1 aliphatic carbocycles. The third kappa shape index (κ3) is 5.11. The first-order valence-electron chi connectivity index (χ1n) is 7.31. The van der Waals surface area contributed by atoms with E-state index in [1.54, 1.807) is 12.2 Å². The smallest absolute Gasteiger partial charge is 0.228 e. The molecule has 20 heavy (non-hydrogen) atoms. The second-order valence-corrected chi connectivity index (χ2v) is 5.25. The largest absolute Gasteiger partial charge is 0.369 e. The maximum Gasteiger partial charge on any atom is 0.228 e. The molecule has 1 unspecified atom stereocenters. The number of amides is 1. The molecule has 110 valence electrons. The summed E-state index contributed by atoms with van der Waals surface area (Å²) < 4.78 is 0. The van der Waals surface area contributed by atoms with Gasteiger partial charge in [0.25, 0.3) is 0 Å². The molecule has 0 saturated heterocycles. The van der Waals surface area contributed by atoms with Gasteiger partial charge in [-0.15, -0.1) is 0 Å². The molecule has 1 amide bonds. The molecule has 0 aromatic heterocycles. The average molecular weight is 277 g/mol. The summed E-state index contributed by atoms with van der Waals surface area (Å²) in [4.78, 5) is 34.4. The molecule has 0 spiro atoms. The number of carbonyl (C=O) groups is 3. The van der Waals surface area contributed by atoms with Crippen LogP contribution in [0.4, 0.5) is 0 Å². The molecule has 0 saturated carbocycles. The van der Waals surface area contributed by atoms with Crippen LogP contribution in [0.2, 0.25) is 0 Å². The Hall–Kier alpha value is -1.71. The van der Waals surface area contributed by atoms with Gasteiger partial charge in [0, 0.05) is 11.5 Å². The monoisotopic (exact) mass is 277 g/mol. The molecule has 0 aliphatic heterocycles. The van der Waals surface area contributed by atoms with Gasteiger partial charge < -0.3 is 5.73 Å². The van der Waals surface area contributed by atoms with Gasteiger partial charge in [0.1, 0.15) is 0 Å². The minimum Gasteiger partial charge on any atom is -0.369 e. The summed E-state index contributed by atoms with van der Waals surface area (Å²) in [5, 5.41) is 0. The van der Waals surface area contributed by atoms with Crippen molar-refractivity contribution >= 4 is 17.5 Å². The molecule has 2 N–H and O–H groups in total. The Balaban J connectivity index is 2.49. The van der Waals surface area contributed by atoms with Crippen molar-refractivity contribution in [3.8, 4) is 0 Å². The van der Waals surface area contributed by atoms with Crippen LogP contribution in [0.25, 0.3) is 0 Å². The van der Waals surface area contributed by atoms with E-state index >= 15 is 0 Å². The topological polar surface area (TPSA) is 77.2 Å². The van der Waals surface area contributed by atoms with Crippen LogP contribution in [0.15, 0.2) is 23.8 Å². The minimum atomic E-state index is -0.520. The Kier molecular flexibility index (Phi) is 6.91. The summed E-state index contributed by atoms with van der Waals surface area (Å²) in [5.41, 5.74) is 5.79. The van der Waals surface area contributed by atoms with Crippen LogP contribution in [-0.2, 0) is 14.4 Å². The highest BCUT2D eigenvalue weighted by atomic mass is 16.2. The molecule has 1 atom stereocenters. The van der Waals surface area contributed by atoms with Crippen molar-refractivity contribution in [2.45, 2.75) is 51.9 Å². The molecule has 1 rings (SSSR count). The maximum absolute atomic E-state index is 11.7. The zero-order chi connectivity index (χ0) is 15.0. The molecule has 0 heterocycles. The number of Topliss-reactive ketones (excluding diaryl/α,β-unsaturated/α-hetero) is 1. The lowest BCUT2D eigenvalue weighted by Gasteiger charge is -2.15. The molecule has 0 aromatic carbocycles. The second kappa shape index (κ2) is 8.46. The standard InChI is InChI=1S/C16H23NO3/c1-2-3-4-5-6-8-13(16(17)20)11-12-9-7-10-14(18)15(12)19/h7,9-10,13H,2-6,8,11H2,1H3,(H2,17,20). The molecule has 0 radical (unpaired) electrons. The lowest BCUT2D eigenvalue weighted by atomic mass is 9.88. The van der Waals surface area contributed by atoms with E-state index in [-0.39, 0.29) is 12.3 Å². The number of rotatable bonds is 9. The van der Waals surface area contributed by atoms with Gasteiger partial charge in [-0.05, 0) is 18.9 Å². The Morgan fingerprint density at radius 3 is 2.55 bits per heavy atom. The fraction of sp³-hybridized carbons (Fsp3) is 0.562. The van der Waals surface area contributed by atoms with E-state index in [9.17, 15) is 14.4 Å². The van der Waals surface area contributed by atoms with Crippen molar-refractivity contribution in [2.24, 2.45) is 11.7 Å². The summed E-state index contributed by atoms with van der Waals surface area (Å²) >= 11 is 0. The van der Waals surface area contributed by atoms with Gasteiger partial charge in [0.05, 0.1) is 0 Å². The van der Waals surface area contributed by atoms with Gasteiger partial charge in [-0.1, -0.05) is 51.2 Å². The molecule has 4 nitrogen and oxygen atoms in total. The van der Waals surface area contributed by atoms with Gasteiger partial charge in [-0.2, -0.15) is 0 Å². The summed E-state index contributed by atoms with van der Waals surface area (Å²) in [5.74, 6) is -1.78. The minimum absolute atomic E-state index is 0.276. The highest BCUT2D eigenvalue weighted by molar-refractivity contribution is 6.48. The van der Waals surface area contributed by atoms with Crippen LogP contribution >= 0.6 is 0 Å². The summed E-state index contributed by atoms with van der Waals surface area (Å²) in [6.45, 7) is 2.15. The number of ketones is 2. The fourth-order valence-corrected chi connectivity index (χ4v) is 2.33. The quantitative estimate of drug-likeness (QED) is 0.399. The molecular weight excluding hydrogens is 254 g/mol. The van der Waals surface area contributed by atoms with Crippen molar-refractivity contribution in [1.82, 2.24) is 0 Å². The Morgan fingerprint density at radius 2 is 1.90 bits per heavy atom. The third-order valence-corrected chi connectivity index (χ3v) is 3.59. The normalized spacial score (nSPS) is 16.1. The van der Waals surface area contributed by atoms with Crippen LogP contribution in [0.3, 0.4) is 0 Å². The highest BCUT2D eigenvalue weighted by Crippen LogP contribution is 2.21. The van der Waals surface area contributed by atoms with E-state index in [1.807, 2.05) is 0 Å². The number of primary amides is 1. The Labute approximate surface area is 120 Å². The lowest BCUT2D eigenvalue weighted by molar-refractivity contribution is -0.132. The number of allylic oxidation sites excluding steroid dienone is 4. The summed E-state index contributed by atoms with van der Waals surface area (Å²) in [7, 11) is 0. The Morgan fingerprint density at radius 1 is 1.20 bits per heavy atom. The number of hydrogen-bond donors (Lipinski definition) is 1. The van der Waals surface area contributed by atoms with E-state index in [2.05, 4.69) is 6.92 Å². The van der Waals surface area contributed by atoms with Crippen molar-refractivity contribution in [1.29, 1.82) is 0 Å². The average Bonchev–Trinajstić information content (AvgIpc) is 2.41. The fourth-order valence-electron chi connectivity index (χ4n) is 2.33. The molecule has 0 bridgehead atoms. The van der Waals surface area contributed by atoms with E-state index in [1.165, 1.54) is 18.9 Å². The number of hydrogen-bond acceptors (Lipinski definition) is 3. The number of unbranched alkanes of at least 4 members (excludes halogenated alkanes) is 4. The first-order valence-corrected chi connectivity index (χ1v) is 7.31. The van der Waals surface area contributed by atoms with Crippen LogP contribution in [0, 0.1) is 5.92 Å². The van der Waals surface area contributed by atoms with Crippen LogP contribution in [-0.4, -0.2) is 17.5 Å². The predicted octanol–water partition coefficient (Wildman–Crippen LogP) is 2.47. The molecule has 0 aromatic rings. The zero-order valence-electron chi connectivity index (χ0n) is 12.1.